The highest BCUT2D eigenvalue weighted by Gasteiger charge is 2.46. The lowest BCUT2D eigenvalue weighted by Gasteiger charge is -2.47. The van der Waals surface area contributed by atoms with Crippen LogP contribution in [-0.2, 0) is 17.6 Å². The fraction of sp³-hybridized carbons (Fsp3) is 0.441. The van der Waals surface area contributed by atoms with Crippen LogP contribution in [-0.4, -0.2) is 52.7 Å². The molecule has 3 atom stereocenters. The Labute approximate surface area is 251 Å². The predicted octanol–water partition coefficient (Wildman–Crippen LogP) is 4.65. The molecule has 2 aromatic carbocycles. The van der Waals surface area contributed by atoms with Crippen molar-refractivity contribution >= 4 is 17.5 Å². The number of benzene rings is 2. The molecule has 6 rings (SSSR count). The molecule has 3 aromatic rings. The number of aryl methyl sites for hydroxylation is 1. The van der Waals surface area contributed by atoms with E-state index < -0.39 is 23.9 Å². The van der Waals surface area contributed by atoms with E-state index in [1.165, 1.54) is 17.0 Å². The first-order valence-corrected chi connectivity index (χ1v) is 15.4. The molecular weight excluding hydrogens is 547 g/mol. The first kappa shape index (κ1) is 29.3. The molecule has 2 fully saturated rings. The van der Waals surface area contributed by atoms with Gasteiger partial charge in [-0.15, -0.1) is 0 Å². The molecule has 0 radical (unpaired) electrons. The largest absolute Gasteiger partial charge is 0.471 e. The maximum absolute atomic E-state index is 15.6. The maximum Gasteiger partial charge on any atom is 0.254 e. The average Bonchev–Trinajstić information content (AvgIpc) is 3.44. The van der Waals surface area contributed by atoms with Gasteiger partial charge in [0.25, 0.3) is 5.91 Å². The number of hydrogen-bond acceptors (Lipinski definition) is 6. The van der Waals surface area contributed by atoms with Gasteiger partial charge in [-0.3, -0.25) is 9.59 Å². The number of aliphatic hydroxyl groups excluding tert-OH is 1. The Morgan fingerprint density at radius 3 is 2.67 bits per heavy atom. The molecule has 9 heteroatoms. The third-order valence-electron chi connectivity index (χ3n) is 9.11. The van der Waals surface area contributed by atoms with Crippen LogP contribution < -0.4 is 20.3 Å². The molecule has 3 N–H and O–H groups in total. The Balaban J connectivity index is 1.21. The topological polar surface area (TPSA) is 104 Å². The van der Waals surface area contributed by atoms with Gasteiger partial charge in [0.15, 0.2) is 5.82 Å². The lowest BCUT2D eigenvalue weighted by atomic mass is 9.73. The van der Waals surface area contributed by atoms with E-state index in [4.69, 9.17) is 4.74 Å². The SMILES string of the molecule is CCc1cnc2c(c1)[C@@H](NC[C@H](O)[C@H](Cc1ccccc1)NC(=O)c1cccc(N3CCCC3=O)c1F)CC1(CCC1)O2. The number of pyridine rings is 1. The molecule has 8 nitrogen and oxygen atoms in total. The Morgan fingerprint density at radius 1 is 1.16 bits per heavy atom. The molecule has 1 saturated carbocycles. The van der Waals surface area contributed by atoms with Crippen molar-refractivity contribution in [2.75, 3.05) is 18.0 Å². The van der Waals surface area contributed by atoms with E-state index in [2.05, 4.69) is 28.6 Å². The summed E-state index contributed by atoms with van der Waals surface area (Å²) in [5.41, 5.74) is 2.77. The van der Waals surface area contributed by atoms with Crippen molar-refractivity contribution in [2.24, 2.45) is 0 Å². The number of amides is 2. The number of rotatable bonds is 10. The van der Waals surface area contributed by atoms with Gasteiger partial charge in [-0.2, -0.15) is 0 Å². The summed E-state index contributed by atoms with van der Waals surface area (Å²) in [5.74, 6) is -0.867. The molecule has 226 valence electrons. The average molecular weight is 587 g/mol. The molecular formula is C34H39FN4O4. The lowest BCUT2D eigenvalue weighted by molar-refractivity contribution is -0.117. The van der Waals surface area contributed by atoms with Crippen LogP contribution in [0.3, 0.4) is 0 Å². The second-order valence-electron chi connectivity index (χ2n) is 12.0. The zero-order valence-electron chi connectivity index (χ0n) is 24.5. The van der Waals surface area contributed by atoms with Crippen LogP contribution in [0.4, 0.5) is 10.1 Å². The van der Waals surface area contributed by atoms with Crippen molar-refractivity contribution in [2.45, 2.75) is 82.1 Å². The van der Waals surface area contributed by atoms with E-state index >= 15 is 4.39 Å². The summed E-state index contributed by atoms with van der Waals surface area (Å²) in [6.07, 6.45) is 6.98. The van der Waals surface area contributed by atoms with Crippen molar-refractivity contribution in [3.8, 4) is 5.88 Å². The molecule has 1 aliphatic carbocycles. The highest BCUT2D eigenvalue weighted by molar-refractivity contribution is 5.99. The molecule has 1 spiro atoms. The van der Waals surface area contributed by atoms with Crippen LogP contribution >= 0.6 is 0 Å². The van der Waals surface area contributed by atoms with Gasteiger partial charge in [-0.1, -0.05) is 43.3 Å². The zero-order valence-corrected chi connectivity index (χ0v) is 24.5. The molecule has 43 heavy (non-hydrogen) atoms. The van der Waals surface area contributed by atoms with E-state index in [1.54, 1.807) is 6.07 Å². The van der Waals surface area contributed by atoms with E-state index in [-0.39, 0.29) is 35.3 Å². The number of anilines is 1. The summed E-state index contributed by atoms with van der Waals surface area (Å²) in [6.45, 7) is 2.72. The van der Waals surface area contributed by atoms with Gasteiger partial charge in [-0.05, 0) is 67.9 Å². The van der Waals surface area contributed by atoms with Gasteiger partial charge in [-0.25, -0.2) is 9.37 Å². The molecule has 0 unspecified atom stereocenters. The van der Waals surface area contributed by atoms with Crippen molar-refractivity contribution < 1.29 is 23.8 Å². The van der Waals surface area contributed by atoms with E-state index in [1.807, 2.05) is 36.5 Å². The first-order chi connectivity index (χ1) is 20.9. The van der Waals surface area contributed by atoms with Gasteiger partial charge < -0.3 is 25.4 Å². The molecule has 0 bridgehead atoms. The van der Waals surface area contributed by atoms with E-state index in [0.29, 0.717) is 31.7 Å². The van der Waals surface area contributed by atoms with Crippen LogP contribution in [0.1, 0.15) is 78.5 Å². The summed E-state index contributed by atoms with van der Waals surface area (Å²) >= 11 is 0. The quantitative estimate of drug-likeness (QED) is 0.320. The third-order valence-corrected chi connectivity index (χ3v) is 9.11. The number of nitrogens with zero attached hydrogens (tertiary/aromatic N) is 2. The van der Waals surface area contributed by atoms with Crippen LogP contribution in [0.15, 0.2) is 60.8 Å². The summed E-state index contributed by atoms with van der Waals surface area (Å²) in [6, 6.07) is 15.5. The highest BCUT2D eigenvalue weighted by atomic mass is 19.1. The van der Waals surface area contributed by atoms with E-state index in [9.17, 15) is 14.7 Å². The molecule has 1 aromatic heterocycles. The molecule has 2 aliphatic heterocycles. The number of carbonyl (C=O) groups excluding carboxylic acids is 2. The molecule has 1 saturated heterocycles. The Morgan fingerprint density at radius 2 is 1.98 bits per heavy atom. The maximum atomic E-state index is 15.6. The van der Waals surface area contributed by atoms with Gasteiger partial charge in [0.05, 0.1) is 23.4 Å². The smallest absolute Gasteiger partial charge is 0.254 e. The molecule has 3 heterocycles. The van der Waals surface area contributed by atoms with Crippen LogP contribution in [0.5, 0.6) is 5.88 Å². The van der Waals surface area contributed by atoms with Gasteiger partial charge in [0, 0.05) is 43.7 Å². The van der Waals surface area contributed by atoms with Crippen molar-refractivity contribution in [3.05, 3.63) is 88.9 Å². The fourth-order valence-electron chi connectivity index (χ4n) is 6.44. The number of carbonyl (C=O) groups is 2. The first-order valence-electron chi connectivity index (χ1n) is 15.4. The minimum Gasteiger partial charge on any atom is -0.471 e. The minimum atomic E-state index is -0.971. The fourth-order valence-corrected chi connectivity index (χ4v) is 6.44. The van der Waals surface area contributed by atoms with Crippen molar-refractivity contribution in [3.63, 3.8) is 0 Å². The van der Waals surface area contributed by atoms with Gasteiger partial charge >= 0.3 is 0 Å². The summed E-state index contributed by atoms with van der Waals surface area (Å²) in [5, 5.41) is 18.0. The monoisotopic (exact) mass is 586 g/mol. The highest BCUT2D eigenvalue weighted by Crippen LogP contribution is 2.48. The number of halogens is 1. The van der Waals surface area contributed by atoms with Crippen LogP contribution in [0.2, 0.25) is 0 Å². The minimum absolute atomic E-state index is 0.0575. The van der Waals surface area contributed by atoms with E-state index in [0.717, 1.165) is 48.8 Å². The number of ether oxygens (including phenoxy) is 1. The number of aliphatic hydroxyl groups is 1. The Kier molecular flexibility index (Phi) is 8.45. The summed E-state index contributed by atoms with van der Waals surface area (Å²) in [4.78, 5) is 31.8. The second-order valence-corrected chi connectivity index (χ2v) is 12.0. The van der Waals surface area contributed by atoms with Crippen molar-refractivity contribution in [1.82, 2.24) is 15.6 Å². The Hall–Kier alpha value is -3.82. The number of fused-ring (bicyclic) bond motifs is 1. The summed E-state index contributed by atoms with van der Waals surface area (Å²) in [7, 11) is 0. The second kappa shape index (κ2) is 12.4. The third kappa shape index (κ3) is 6.15. The van der Waals surface area contributed by atoms with Crippen LogP contribution in [0, 0.1) is 5.82 Å². The Bertz CT molecular complexity index is 1480. The number of aromatic nitrogens is 1. The zero-order chi connectivity index (χ0) is 30.0. The molecule has 3 aliphatic rings. The van der Waals surface area contributed by atoms with Crippen molar-refractivity contribution in [1.29, 1.82) is 0 Å². The standard InChI is InChI=1S/C34H39FN4O4/c1-2-22-17-25-27(19-34(14-8-15-34)43-33(25)37-20-22)36-21-29(40)26(18-23-9-4-3-5-10-23)38-32(42)24-11-6-12-28(31(24)35)39-16-7-13-30(39)41/h3-6,9-12,17,20,26-27,29,36,40H,2,7-8,13-16,18-19,21H2,1H3,(H,38,42)/t26-,27-,29-/m0/s1. The van der Waals surface area contributed by atoms with Gasteiger partial charge in [0.2, 0.25) is 11.8 Å². The predicted molar refractivity (Wildman–Crippen MR) is 162 cm³/mol. The lowest BCUT2D eigenvalue weighted by Crippen LogP contribution is -2.52. The summed E-state index contributed by atoms with van der Waals surface area (Å²) < 4.78 is 21.9. The number of nitrogens with one attached hydrogen (secondary N) is 2. The number of hydrogen-bond donors (Lipinski definition) is 3. The van der Waals surface area contributed by atoms with Gasteiger partial charge in [0.1, 0.15) is 5.60 Å². The normalized spacial score (nSPS) is 20.2. The van der Waals surface area contributed by atoms with Crippen LogP contribution in [0.25, 0.3) is 0 Å². The molecule has 2 amide bonds.